The molecule has 7 heteroatoms. The van der Waals surface area contributed by atoms with E-state index in [9.17, 15) is 13.2 Å². The third kappa shape index (κ3) is 3.32. The molecule has 184 valence electrons. The first-order chi connectivity index (χ1) is 17.3. The number of anilines is 2. The molecule has 0 spiro atoms. The van der Waals surface area contributed by atoms with Crippen LogP contribution in [-0.4, -0.2) is 34.7 Å². The second kappa shape index (κ2) is 8.72. The second-order valence-corrected chi connectivity index (χ2v) is 11.2. The predicted molar refractivity (Wildman–Crippen MR) is 140 cm³/mol. The number of terminal acetylenes is 1. The minimum absolute atomic E-state index is 0.105. The van der Waals surface area contributed by atoms with E-state index in [4.69, 9.17) is 11.2 Å². The number of benzene rings is 3. The maximum atomic E-state index is 14.4. The Balaban J connectivity index is 1.83. The Morgan fingerprint density at radius 1 is 1.03 bits per heavy atom. The number of likely N-dealkylation sites (N-methyl/N-ethyl adjacent to an activating group) is 1. The van der Waals surface area contributed by atoms with Gasteiger partial charge in [0.2, 0.25) is 0 Å². The summed E-state index contributed by atoms with van der Waals surface area (Å²) in [6.45, 7) is 1.92. The SMILES string of the molecule is C#C[C@H]1c2ccccc2N(S(=O)(=O)c2ccc(C)cc2)[C@H]2N(C)c3ccccc3[C@]21CCC(=O)OC. The van der Waals surface area contributed by atoms with Crippen molar-refractivity contribution >= 4 is 27.4 Å². The van der Waals surface area contributed by atoms with Crippen LogP contribution in [0.25, 0.3) is 0 Å². The van der Waals surface area contributed by atoms with Crippen molar-refractivity contribution in [2.75, 3.05) is 23.4 Å². The zero-order valence-electron chi connectivity index (χ0n) is 20.5. The molecule has 5 rings (SSSR count). The third-order valence-electron chi connectivity index (χ3n) is 7.55. The third-order valence-corrected chi connectivity index (χ3v) is 9.33. The van der Waals surface area contributed by atoms with Crippen LogP contribution in [0.1, 0.15) is 35.4 Å². The highest BCUT2D eigenvalue weighted by atomic mass is 32.2. The fourth-order valence-corrected chi connectivity index (χ4v) is 7.67. The van der Waals surface area contributed by atoms with E-state index in [1.165, 1.54) is 11.4 Å². The number of nitrogens with zero attached hydrogens (tertiary/aromatic N) is 2. The molecule has 36 heavy (non-hydrogen) atoms. The van der Waals surface area contributed by atoms with Crippen LogP contribution in [0.5, 0.6) is 0 Å². The normalized spacial score (nSPS) is 22.3. The molecule has 2 aliphatic heterocycles. The predicted octanol–water partition coefficient (Wildman–Crippen LogP) is 4.59. The molecule has 3 aromatic carbocycles. The van der Waals surface area contributed by atoms with Crippen molar-refractivity contribution in [3.05, 3.63) is 89.5 Å². The van der Waals surface area contributed by atoms with Gasteiger partial charge in [0.05, 0.1) is 29.0 Å². The van der Waals surface area contributed by atoms with Gasteiger partial charge in [-0.05, 0) is 48.7 Å². The molecule has 3 aromatic rings. The lowest BCUT2D eigenvalue weighted by Crippen LogP contribution is -2.62. The fourth-order valence-electron chi connectivity index (χ4n) is 5.95. The van der Waals surface area contributed by atoms with Gasteiger partial charge >= 0.3 is 5.97 Å². The van der Waals surface area contributed by atoms with Crippen LogP contribution in [0.15, 0.2) is 77.7 Å². The quantitative estimate of drug-likeness (QED) is 0.379. The summed E-state index contributed by atoms with van der Waals surface area (Å²) in [5, 5.41) is 0. The highest BCUT2D eigenvalue weighted by molar-refractivity contribution is 7.92. The lowest BCUT2D eigenvalue weighted by molar-refractivity contribution is -0.141. The van der Waals surface area contributed by atoms with E-state index in [2.05, 4.69) is 5.92 Å². The average Bonchev–Trinajstić information content (AvgIpc) is 3.14. The summed E-state index contributed by atoms with van der Waals surface area (Å²) >= 11 is 0. The highest BCUT2D eigenvalue weighted by Crippen LogP contribution is 2.61. The van der Waals surface area contributed by atoms with Gasteiger partial charge < -0.3 is 9.64 Å². The van der Waals surface area contributed by atoms with Gasteiger partial charge in [0, 0.05) is 19.2 Å². The van der Waals surface area contributed by atoms with E-state index < -0.39 is 27.5 Å². The molecule has 0 aliphatic carbocycles. The molecule has 0 fully saturated rings. The molecule has 0 aromatic heterocycles. The Bertz CT molecular complexity index is 1480. The average molecular weight is 501 g/mol. The van der Waals surface area contributed by atoms with Crippen molar-refractivity contribution in [1.29, 1.82) is 0 Å². The topological polar surface area (TPSA) is 66.9 Å². The van der Waals surface area contributed by atoms with Crippen molar-refractivity contribution in [3.63, 3.8) is 0 Å². The van der Waals surface area contributed by atoms with Crippen LogP contribution in [0, 0.1) is 19.3 Å². The number of para-hydroxylation sites is 2. The fraction of sp³-hybridized carbons (Fsp3) is 0.276. The summed E-state index contributed by atoms with van der Waals surface area (Å²) in [5.74, 6) is 2.17. The van der Waals surface area contributed by atoms with Gasteiger partial charge in [0.15, 0.2) is 0 Å². The number of aryl methyl sites for hydroxylation is 1. The molecule has 0 bridgehead atoms. The summed E-state index contributed by atoms with van der Waals surface area (Å²) in [6.07, 6.45) is 5.98. The van der Waals surface area contributed by atoms with E-state index >= 15 is 0 Å². The van der Waals surface area contributed by atoms with E-state index in [-0.39, 0.29) is 17.3 Å². The molecule has 0 radical (unpaired) electrons. The van der Waals surface area contributed by atoms with Crippen LogP contribution >= 0.6 is 0 Å². The van der Waals surface area contributed by atoms with E-state index in [1.54, 1.807) is 24.3 Å². The van der Waals surface area contributed by atoms with E-state index in [0.29, 0.717) is 12.1 Å². The molecule has 3 atom stereocenters. The number of carbonyl (C=O) groups excluding carboxylic acids is 1. The molecular formula is C29H28N2O4S. The number of hydrogen-bond donors (Lipinski definition) is 0. The number of fused-ring (bicyclic) bond motifs is 4. The number of sulfonamides is 1. The van der Waals surface area contributed by atoms with Crippen molar-refractivity contribution in [2.24, 2.45) is 0 Å². The Morgan fingerprint density at radius 2 is 1.67 bits per heavy atom. The summed E-state index contributed by atoms with van der Waals surface area (Å²) < 4.78 is 35.3. The monoisotopic (exact) mass is 500 g/mol. The molecule has 0 unspecified atom stereocenters. The maximum Gasteiger partial charge on any atom is 0.305 e. The molecule has 0 saturated carbocycles. The van der Waals surface area contributed by atoms with Crippen LogP contribution in [-0.2, 0) is 25.0 Å². The van der Waals surface area contributed by atoms with Crippen molar-refractivity contribution in [1.82, 2.24) is 0 Å². The Morgan fingerprint density at radius 3 is 2.33 bits per heavy atom. The van der Waals surface area contributed by atoms with Gasteiger partial charge in [-0.1, -0.05) is 60.0 Å². The van der Waals surface area contributed by atoms with Crippen LogP contribution in [0.4, 0.5) is 11.4 Å². The lowest BCUT2D eigenvalue weighted by Gasteiger charge is -2.52. The smallest absolute Gasteiger partial charge is 0.305 e. The molecule has 2 heterocycles. The highest BCUT2D eigenvalue weighted by Gasteiger charge is 2.62. The lowest BCUT2D eigenvalue weighted by atomic mass is 9.62. The van der Waals surface area contributed by atoms with Crippen LogP contribution in [0.2, 0.25) is 0 Å². The van der Waals surface area contributed by atoms with Crippen LogP contribution in [0.3, 0.4) is 0 Å². The minimum Gasteiger partial charge on any atom is -0.469 e. The summed E-state index contributed by atoms with van der Waals surface area (Å²) in [6, 6.07) is 22.1. The molecule has 0 saturated heterocycles. The van der Waals surface area contributed by atoms with Gasteiger partial charge in [-0.15, -0.1) is 6.42 Å². The molecule has 6 nitrogen and oxygen atoms in total. The maximum absolute atomic E-state index is 14.4. The number of carbonyl (C=O) groups is 1. The van der Waals surface area contributed by atoms with Gasteiger partial charge in [-0.3, -0.25) is 4.79 Å². The van der Waals surface area contributed by atoms with Crippen molar-refractivity contribution < 1.29 is 17.9 Å². The molecule has 2 aliphatic rings. The molecular weight excluding hydrogens is 472 g/mol. The van der Waals surface area contributed by atoms with Gasteiger partial charge in [-0.25, -0.2) is 12.7 Å². The summed E-state index contributed by atoms with van der Waals surface area (Å²) in [5.41, 5.74) is 3.23. The summed E-state index contributed by atoms with van der Waals surface area (Å²) in [7, 11) is -0.756. The zero-order valence-corrected chi connectivity index (χ0v) is 21.3. The Hall–Kier alpha value is -3.76. The van der Waals surface area contributed by atoms with Gasteiger partial charge in [-0.2, -0.15) is 0 Å². The van der Waals surface area contributed by atoms with Gasteiger partial charge in [0.1, 0.15) is 6.17 Å². The van der Waals surface area contributed by atoms with Crippen molar-refractivity contribution in [2.45, 2.75) is 42.2 Å². The molecule has 0 N–H and O–H groups in total. The number of ether oxygens (including phenoxy) is 1. The zero-order chi connectivity index (χ0) is 25.7. The first kappa shape index (κ1) is 24.0. The Labute approximate surface area is 212 Å². The first-order valence-corrected chi connectivity index (χ1v) is 13.3. The molecule has 0 amide bonds. The number of hydrogen-bond acceptors (Lipinski definition) is 5. The van der Waals surface area contributed by atoms with E-state index in [0.717, 1.165) is 22.4 Å². The number of rotatable bonds is 5. The van der Waals surface area contributed by atoms with Crippen molar-refractivity contribution in [3.8, 4) is 12.3 Å². The van der Waals surface area contributed by atoms with E-state index in [1.807, 2.05) is 67.4 Å². The first-order valence-electron chi connectivity index (χ1n) is 11.8. The minimum atomic E-state index is -4.00. The van der Waals surface area contributed by atoms with Gasteiger partial charge in [0.25, 0.3) is 10.0 Å². The Kier molecular flexibility index (Phi) is 5.80. The van der Waals surface area contributed by atoms with Crippen LogP contribution < -0.4 is 9.21 Å². The number of esters is 1. The second-order valence-electron chi connectivity index (χ2n) is 9.39. The standard InChI is InChI=1S/C29H28N2O4S/c1-5-23-22-10-6-8-12-25(22)31(36(33,34)21-16-14-20(2)15-17-21)28-29(23,19-18-27(32)35-4)24-11-7-9-13-26(24)30(28)3/h1,6-17,23,28H,18-19H2,2-4H3/t23-,28+,29+/m0/s1. The summed E-state index contributed by atoms with van der Waals surface area (Å²) in [4.78, 5) is 14.6. The number of methoxy groups -OCH3 is 1. The largest absolute Gasteiger partial charge is 0.469 e.